The van der Waals surface area contributed by atoms with Crippen molar-refractivity contribution < 1.29 is 0 Å². The molecule has 1 aromatic rings. The van der Waals surface area contributed by atoms with Crippen molar-refractivity contribution in [2.75, 3.05) is 26.7 Å². The van der Waals surface area contributed by atoms with E-state index in [0.29, 0.717) is 6.04 Å². The van der Waals surface area contributed by atoms with Crippen molar-refractivity contribution >= 4 is 15.9 Å². The van der Waals surface area contributed by atoms with Crippen LogP contribution in [0.25, 0.3) is 0 Å². The topological polar surface area (TPSA) is 44.0 Å². The third-order valence-electron chi connectivity index (χ3n) is 3.18. The lowest BCUT2D eigenvalue weighted by atomic mass is 10.1. The molecule has 16 heavy (non-hydrogen) atoms. The first-order chi connectivity index (χ1) is 7.83. The van der Waals surface area contributed by atoms with Gasteiger partial charge < -0.3 is 10.3 Å². The van der Waals surface area contributed by atoms with Gasteiger partial charge in [0.05, 0.1) is 18.1 Å². The molecule has 0 aromatic carbocycles. The number of H-pyrrole nitrogens is 1. The van der Waals surface area contributed by atoms with Crippen molar-refractivity contribution in [3.05, 3.63) is 16.6 Å². The van der Waals surface area contributed by atoms with Gasteiger partial charge in [-0.25, -0.2) is 4.98 Å². The molecule has 2 heterocycles. The number of aromatic nitrogens is 2. The molecule has 1 aromatic heterocycles. The molecule has 1 aliphatic rings. The fraction of sp³-hybridized carbons (Fsp3) is 0.727. The van der Waals surface area contributed by atoms with E-state index in [1.54, 1.807) is 6.33 Å². The SMILES string of the molecule is CNCC(c1[nH]cnc1Br)N1CCCCC1. The van der Waals surface area contributed by atoms with Crippen molar-refractivity contribution in [2.45, 2.75) is 25.3 Å². The van der Waals surface area contributed by atoms with Gasteiger partial charge in [-0.15, -0.1) is 0 Å². The van der Waals surface area contributed by atoms with Crippen LogP contribution in [-0.4, -0.2) is 41.5 Å². The molecule has 1 aliphatic heterocycles. The average Bonchev–Trinajstić information content (AvgIpc) is 2.73. The van der Waals surface area contributed by atoms with E-state index in [1.807, 2.05) is 7.05 Å². The molecule has 4 nitrogen and oxygen atoms in total. The number of nitrogens with one attached hydrogen (secondary N) is 2. The van der Waals surface area contributed by atoms with Crippen LogP contribution < -0.4 is 5.32 Å². The summed E-state index contributed by atoms with van der Waals surface area (Å²) in [4.78, 5) is 10.0. The Morgan fingerprint density at radius 2 is 2.25 bits per heavy atom. The smallest absolute Gasteiger partial charge is 0.128 e. The van der Waals surface area contributed by atoms with Gasteiger partial charge in [0.25, 0.3) is 0 Å². The molecule has 1 fully saturated rings. The summed E-state index contributed by atoms with van der Waals surface area (Å²) in [6, 6.07) is 0.405. The van der Waals surface area contributed by atoms with Gasteiger partial charge in [0.2, 0.25) is 0 Å². The standard InChI is InChI=1S/C11H19BrN4/c1-13-7-9(10-11(12)15-8-14-10)16-5-3-2-4-6-16/h8-9,13H,2-7H2,1H3,(H,14,15). The van der Waals surface area contributed by atoms with Gasteiger partial charge in [0.1, 0.15) is 4.60 Å². The summed E-state index contributed by atoms with van der Waals surface area (Å²) in [5, 5.41) is 3.27. The Kier molecular flexibility index (Phi) is 4.37. The molecule has 5 heteroatoms. The minimum atomic E-state index is 0.405. The molecule has 0 aliphatic carbocycles. The van der Waals surface area contributed by atoms with Crippen LogP contribution in [0.5, 0.6) is 0 Å². The van der Waals surface area contributed by atoms with E-state index in [4.69, 9.17) is 0 Å². The van der Waals surface area contributed by atoms with Crippen LogP contribution in [0.3, 0.4) is 0 Å². The molecule has 90 valence electrons. The molecule has 0 radical (unpaired) electrons. The number of aromatic amines is 1. The number of rotatable bonds is 4. The van der Waals surface area contributed by atoms with Crippen LogP contribution in [0.15, 0.2) is 10.9 Å². The zero-order chi connectivity index (χ0) is 11.4. The number of likely N-dealkylation sites (N-methyl/N-ethyl adjacent to an activating group) is 1. The van der Waals surface area contributed by atoms with Crippen molar-refractivity contribution in [1.82, 2.24) is 20.2 Å². The second-order valence-electron chi connectivity index (χ2n) is 4.28. The fourth-order valence-electron chi connectivity index (χ4n) is 2.36. The highest BCUT2D eigenvalue weighted by molar-refractivity contribution is 9.10. The number of halogens is 1. The Morgan fingerprint density at radius 1 is 1.50 bits per heavy atom. The molecule has 1 unspecified atom stereocenters. The van der Waals surface area contributed by atoms with Gasteiger partial charge in [0, 0.05) is 6.54 Å². The summed E-state index contributed by atoms with van der Waals surface area (Å²) in [5.74, 6) is 0. The molecular formula is C11H19BrN4. The fourth-order valence-corrected chi connectivity index (χ4v) is 2.84. The maximum Gasteiger partial charge on any atom is 0.128 e. The van der Waals surface area contributed by atoms with E-state index in [-0.39, 0.29) is 0 Å². The predicted molar refractivity (Wildman–Crippen MR) is 68.4 cm³/mol. The molecule has 1 saturated heterocycles. The molecule has 2 N–H and O–H groups in total. The molecule has 0 saturated carbocycles. The van der Waals surface area contributed by atoms with Gasteiger partial charge in [-0.05, 0) is 48.9 Å². The Bertz CT molecular complexity index is 320. The summed E-state index contributed by atoms with van der Waals surface area (Å²) < 4.78 is 0.943. The second-order valence-corrected chi connectivity index (χ2v) is 5.03. The zero-order valence-corrected chi connectivity index (χ0v) is 11.3. The number of nitrogens with zero attached hydrogens (tertiary/aromatic N) is 2. The van der Waals surface area contributed by atoms with Crippen LogP contribution in [0, 0.1) is 0 Å². The predicted octanol–water partition coefficient (Wildman–Crippen LogP) is 1.92. The maximum absolute atomic E-state index is 4.22. The zero-order valence-electron chi connectivity index (χ0n) is 9.67. The summed E-state index contributed by atoms with van der Waals surface area (Å²) in [5.41, 5.74) is 1.19. The quantitative estimate of drug-likeness (QED) is 0.889. The summed E-state index contributed by atoms with van der Waals surface area (Å²) >= 11 is 3.51. The van der Waals surface area contributed by atoms with Gasteiger partial charge >= 0.3 is 0 Å². The van der Waals surface area contributed by atoms with Gasteiger partial charge in [0.15, 0.2) is 0 Å². The van der Waals surface area contributed by atoms with E-state index in [0.717, 1.165) is 11.1 Å². The Hall–Kier alpha value is -0.390. The molecule has 0 bridgehead atoms. The van der Waals surface area contributed by atoms with Crippen LogP contribution in [0.2, 0.25) is 0 Å². The van der Waals surface area contributed by atoms with Crippen LogP contribution >= 0.6 is 15.9 Å². The maximum atomic E-state index is 4.22. The average molecular weight is 287 g/mol. The van der Waals surface area contributed by atoms with E-state index in [2.05, 4.69) is 36.1 Å². The highest BCUT2D eigenvalue weighted by Gasteiger charge is 2.24. The van der Waals surface area contributed by atoms with E-state index < -0.39 is 0 Å². The largest absolute Gasteiger partial charge is 0.346 e. The van der Waals surface area contributed by atoms with Crippen molar-refractivity contribution in [2.24, 2.45) is 0 Å². The normalized spacial score (nSPS) is 19.9. The number of piperidine rings is 1. The Balaban J connectivity index is 2.12. The Morgan fingerprint density at radius 3 is 2.81 bits per heavy atom. The van der Waals surface area contributed by atoms with Crippen molar-refractivity contribution in [3.8, 4) is 0 Å². The van der Waals surface area contributed by atoms with E-state index in [9.17, 15) is 0 Å². The first kappa shape index (κ1) is 12.1. The third-order valence-corrected chi connectivity index (χ3v) is 3.81. The molecule has 0 spiro atoms. The summed E-state index contributed by atoms with van der Waals surface area (Å²) in [6.45, 7) is 3.34. The molecule has 2 rings (SSSR count). The summed E-state index contributed by atoms with van der Waals surface area (Å²) in [7, 11) is 2.00. The second kappa shape index (κ2) is 5.80. The first-order valence-corrected chi connectivity index (χ1v) is 6.69. The van der Waals surface area contributed by atoms with Crippen molar-refractivity contribution in [3.63, 3.8) is 0 Å². The van der Waals surface area contributed by atoms with Crippen molar-refractivity contribution in [1.29, 1.82) is 0 Å². The van der Waals surface area contributed by atoms with E-state index in [1.165, 1.54) is 38.0 Å². The van der Waals surface area contributed by atoms with Crippen LogP contribution in [0.4, 0.5) is 0 Å². The number of hydrogen-bond donors (Lipinski definition) is 2. The van der Waals surface area contributed by atoms with Gasteiger partial charge in [-0.1, -0.05) is 6.42 Å². The lowest BCUT2D eigenvalue weighted by Crippen LogP contribution is -2.38. The number of imidazole rings is 1. The molecular weight excluding hydrogens is 268 g/mol. The minimum absolute atomic E-state index is 0.405. The van der Waals surface area contributed by atoms with Gasteiger partial charge in [-0.2, -0.15) is 0 Å². The third kappa shape index (κ3) is 2.64. The Labute approximate surface area is 105 Å². The van der Waals surface area contributed by atoms with E-state index >= 15 is 0 Å². The first-order valence-electron chi connectivity index (χ1n) is 5.90. The number of hydrogen-bond acceptors (Lipinski definition) is 3. The lowest BCUT2D eigenvalue weighted by Gasteiger charge is -2.34. The van der Waals surface area contributed by atoms with Crippen LogP contribution in [-0.2, 0) is 0 Å². The highest BCUT2D eigenvalue weighted by atomic mass is 79.9. The van der Waals surface area contributed by atoms with Crippen LogP contribution in [0.1, 0.15) is 31.0 Å². The lowest BCUT2D eigenvalue weighted by molar-refractivity contribution is 0.159. The molecule has 0 amide bonds. The summed E-state index contributed by atoms with van der Waals surface area (Å²) in [6.07, 6.45) is 5.75. The minimum Gasteiger partial charge on any atom is -0.346 e. The number of likely N-dealkylation sites (tertiary alicyclic amines) is 1. The monoisotopic (exact) mass is 286 g/mol. The molecule has 1 atom stereocenters. The highest BCUT2D eigenvalue weighted by Crippen LogP contribution is 2.26. The van der Waals surface area contributed by atoms with Gasteiger partial charge in [-0.3, -0.25) is 4.90 Å².